The second-order valence-corrected chi connectivity index (χ2v) is 5.15. The Morgan fingerprint density at radius 1 is 1.58 bits per heavy atom. The van der Waals surface area contributed by atoms with Crippen molar-refractivity contribution < 1.29 is 4.74 Å². The first-order valence-electron chi connectivity index (χ1n) is 4.49. The molecule has 72 valence electrons. The second-order valence-electron chi connectivity index (χ2n) is 4.07. The summed E-state index contributed by atoms with van der Waals surface area (Å²) >= 11 is 2.43. The van der Waals surface area contributed by atoms with Gasteiger partial charge >= 0.3 is 0 Å². The average molecular weight is 283 g/mol. The maximum absolute atomic E-state index is 5.63. The molecule has 0 radical (unpaired) electrons. The summed E-state index contributed by atoms with van der Waals surface area (Å²) in [5.74, 6) is 0. The van der Waals surface area contributed by atoms with Gasteiger partial charge in [-0.15, -0.1) is 0 Å². The Labute approximate surface area is 88.8 Å². The topological polar surface area (TPSA) is 12.5 Å². The molecule has 3 heteroatoms. The van der Waals surface area contributed by atoms with Crippen molar-refractivity contribution in [3.8, 4) is 0 Å². The van der Waals surface area contributed by atoms with Crippen LogP contribution in [-0.2, 0) is 4.74 Å². The fraction of sp³-hybridized carbons (Fsp3) is 1.00. The summed E-state index contributed by atoms with van der Waals surface area (Å²) in [6, 6.07) is 0. The average Bonchev–Trinajstić information content (AvgIpc) is 1.98. The number of alkyl halides is 1. The molecule has 0 aromatic carbocycles. The minimum absolute atomic E-state index is 0.234. The van der Waals surface area contributed by atoms with Crippen molar-refractivity contribution in [3.63, 3.8) is 0 Å². The maximum atomic E-state index is 5.63. The summed E-state index contributed by atoms with van der Waals surface area (Å²) in [5.41, 5.74) is 0.234. The summed E-state index contributed by atoms with van der Waals surface area (Å²) in [4.78, 5) is 2.52. The second kappa shape index (κ2) is 4.24. The molecule has 1 aliphatic heterocycles. The minimum atomic E-state index is 0.234. The molecule has 1 atom stereocenters. The van der Waals surface area contributed by atoms with Gasteiger partial charge in [-0.25, -0.2) is 0 Å². The molecule has 0 amide bonds. The van der Waals surface area contributed by atoms with Gasteiger partial charge in [0.05, 0.1) is 12.7 Å². The quantitative estimate of drug-likeness (QED) is 0.567. The highest BCUT2D eigenvalue weighted by Crippen LogP contribution is 2.21. The van der Waals surface area contributed by atoms with Crippen LogP contribution in [0.5, 0.6) is 0 Å². The van der Waals surface area contributed by atoms with E-state index in [-0.39, 0.29) is 5.54 Å². The van der Waals surface area contributed by atoms with E-state index in [0.29, 0.717) is 6.10 Å². The molecule has 1 heterocycles. The molecular formula is C9H18INO. The smallest absolute Gasteiger partial charge is 0.0675 e. The molecule has 12 heavy (non-hydrogen) atoms. The molecule has 0 spiro atoms. The zero-order chi connectivity index (χ0) is 9.19. The molecule has 1 aliphatic rings. The highest BCUT2D eigenvalue weighted by Gasteiger charge is 2.32. The summed E-state index contributed by atoms with van der Waals surface area (Å²) in [6.45, 7) is 9.79. The molecule has 1 fully saturated rings. The van der Waals surface area contributed by atoms with Crippen LogP contribution in [0.25, 0.3) is 0 Å². The van der Waals surface area contributed by atoms with Gasteiger partial charge in [-0.2, -0.15) is 0 Å². The van der Waals surface area contributed by atoms with Crippen molar-refractivity contribution in [3.05, 3.63) is 0 Å². The lowest BCUT2D eigenvalue weighted by atomic mass is 10.0. The highest BCUT2D eigenvalue weighted by atomic mass is 127. The number of nitrogens with zero attached hydrogens (tertiary/aromatic N) is 1. The number of halogens is 1. The van der Waals surface area contributed by atoms with Crippen molar-refractivity contribution in [2.75, 3.05) is 24.1 Å². The molecule has 0 aliphatic carbocycles. The van der Waals surface area contributed by atoms with Gasteiger partial charge in [-0.1, -0.05) is 22.6 Å². The molecule has 0 aromatic rings. The molecule has 0 N–H and O–H groups in total. The summed E-state index contributed by atoms with van der Waals surface area (Å²) < 4.78 is 6.83. The van der Waals surface area contributed by atoms with E-state index in [1.165, 1.54) is 11.0 Å². The van der Waals surface area contributed by atoms with Crippen LogP contribution in [0.1, 0.15) is 20.8 Å². The van der Waals surface area contributed by atoms with Gasteiger partial charge in [0, 0.05) is 23.1 Å². The molecule has 0 bridgehead atoms. The third-order valence-electron chi connectivity index (χ3n) is 2.41. The van der Waals surface area contributed by atoms with E-state index in [1.807, 2.05) is 0 Å². The van der Waals surface area contributed by atoms with Crippen molar-refractivity contribution in [1.29, 1.82) is 0 Å². The van der Waals surface area contributed by atoms with Gasteiger partial charge in [0.25, 0.3) is 0 Å². The number of hydrogen-bond donors (Lipinski definition) is 0. The number of morpholine rings is 1. The van der Waals surface area contributed by atoms with E-state index in [9.17, 15) is 0 Å². The van der Waals surface area contributed by atoms with Gasteiger partial charge in [0.1, 0.15) is 0 Å². The monoisotopic (exact) mass is 283 g/mol. The third-order valence-corrected chi connectivity index (χ3v) is 2.89. The maximum Gasteiger partial charge on any atom is 0.0675 e. The molecule has 0 saturated carbocycles. The number of ether oxygens (including phenoxy) is 1. The van der Waals surface area contributed by atoms with Crippen molar-refractivity contribution in [1.82, 2.24) is 4.90 Å². The largest absolute Gasteiger partial charge is 0.375 e. The number of rotatable bonds is 2. The van der Waals surface area contributed by atoms with Crippen LogP contribution < -0.4 is 0 Å². The lowest BCUT2D eigenvalue weighted by Gasteiger charge is -2.44. The third kappa shape index (κ3) is 2.57. The van der Waals surface area contributed by atoms with E-state index in [4.69, 9.17) is 4.74 Å². The van der Waals surface area contributed by atoms with E-state index in [2.05, 4.69) is 48.3 Å². The standard InChI is InChI=1S/C9H18INO/c1-8-6-11(5-4-10)9(2,3)7-12-8/h8H,4-7H2,1-3H3. The van der Waals surface area contributed by atoms with E-state index >= 15 is 0 Å². The Kier molecular flexibility index (Phi) is 3.79. The Morgan fingerprint density at radius 3 is 2.83 bits per heavy atom. The first-order valence-corrected chi connectivity index (χ1v) is 6.01. The minimum Gasteiger partial charge on any atom is -0.375 e. The van der Waals surface area contributed by atoms with E-state index in [1.54, 1.807) is 0 Å². The van der Waals surface area contributed by atoms with Crippen LogP contribution in [0.3, 0.4) is 0 Å². The Hall–Kier alpha value is 0.650. The summed E-state index contributed by atoms with van der Waals surface area (Å²) in [6.07, 6.45) is 0.404. The van der Waals surface area contributed by atoms with Gasteiger partial charge in [-0.3, -0.25) is 4.90 Å². The van der Waals surface area contributed by atoms with Crippen LogP contribution in [0.4, 0.5) is 0 Å². The van der Waals surface area contributed by atoms with Crippen LogP contribution in [-0.4, -0.2) is 40.7 Å². The Morgan fingerprint density at radius 2 is 2.25 bits per heavy atom. The van der Waals surface area contributed by atoms with E-state index in [0.717, 1.165) is 13.2 Å². The molecule has 1 rings (SSSR count). The van der Waals surface area contributed by atoms with Crippen molar-refractivity contribution >= 4 is 22.6 Å². The number of hydrogen-bond acceptors (Lipinski definition) is 2. The fourth-order valence-corrected chi connectivity index (χ4v) is 2.13. The normalized spacial score (nSPS) is 30.5. The van der Waals surface area contributed by atoms with Gasteiger partial charge < -0.3 is 4.74 Å². The Bertz CT molecular complexity index is 149. The first kappa shape index (κ1) is 10.7. The zero-order valence-electron chi connectivity index (χ0n) is 8.14. The predicted molar refractivity (Wildman–Crippen MR) is 60.0 cm³/mol. The van der Waals surface area contributed by atoms with Crippen LogP contribution in [0.15, 0.2) is 0 Å². The molecule has 2 nitrogen and oxygen atoms in total. The fourth-order valence-electron chi connectivity index (χ4n) is 1.54. The van der Waals surface area contributed by atoms with Gasteiger partial charge in [0.2, 0.25) is 0 Å². The van der Waals surface area contributed by atoms with Crippen LogP contribution >= 0.6 is 22.6 Å². The van der Waals surface area contributed by atoms with E-state index < -0.39 is 0 Å². The lowest BCUT2D eigenvalue weighted by Crippen LogP contribution is -2.55. The SMILES string of the molecule is CC1CN(CCI)C(C)(C)CO1. The van der Waals surface area contributed by atoms with Crippen LogP contribution in [0, 0.1) is 0 Å². The molecule has 1 unspecified atom stereocenters. The molecule has 0 aromatic heterocycles. The highest BCUT2D eigenvalue weighted by molar-refractivity contribution is 14.1. The zero-order valence-corrected chi connectivity index (χ0v) is 10.3. The van der Waals surface area contributed by atoms with Crippen molar-refractivity contribution in [2.24, 2.45) is 0 Å². The summed E-state index contributed by atoms with van der Waals surface area (Å²) in [7, 11) is 0. The molecule has 1 saturated heterocycles. The molecular weight excluding hydrogens is 265 g/mol. The first-order chi connectivity index (χ1) is 5.56. The Balaban J connectivity index is 2.52. The van der Waals surface area contributed by atoms with Gasteiger partial charge in [-0.05, 0) is 20.8 Å². The lowest BCUT2D eigenvalue weighted by molar-refractivity contribution is -0.0883. The van der Waals surface area contributed by atoms with Gasteiger partial charge in [0.15, 0.2) is 0 Å². The summed E-state index contributed by atoms with van der Waals surface area (Å²) in [5, 5.41) is 0. The predicted octanol–water partition coefficient (Wildman–Crippen LogP) is 1.92. The van der Waals surface area contributed by atoms with Crippen LogP contribution in [0.2, 0.25) is 0 Å². The van der Waals surface area contributed by atoms with Crippen molar-refractivity contribution in [2.45, 2.75) is 32.4 Å².